The number of para-hydroxylation sites is 1. The summed E-state index contributed by atoms with van der Waals surface area (Å²) in [6.07, 6.45) is 5.27. The number of anilines is 1. The number of nitrogens with zero attached hydrogens (tertiary/aromatic N) is 3. The minimum atomic E-state index is -1.02. The maximum Gasteiger partial charge on any atom is 0.337 e. The van der Waals surface area contributed by atoms with Crippen LogP contribution in [0.4, 0.5) is 11.4 Å². The van der Waals surface area contributed by atoms with Crippen LogP contribution < -0.4 is 5.43 Å². The number of hydrogen-bond acceptors (Lipinski definition) is 7. The molecular weight excluding hydrogens is 424 g/mol. The summed E-state index contributed by atoms with van der Waals surface area (Å²) in [5, 5.41) is 24.8. The van der Waals surface area contributed by atoms with E-state index in [1.807, 2.05) is 12.1 Å². The van der Waals surface area contributed by atoms with Gasteiger partial charge in [0.2, 0.25) is 0 Å². The first-order chi connectivity index (χ1) is 16.0. The molecule has 0 spiro atoms. The van der Waals surface area contributed by atoms with Gasteiger partial charge in [0.05, 0.1) is 35.6 Å². The van der Waals surface area contributed by atoms with Gasteiger partial charge < -0.3 is 14.7 Å². The molecule has 4 rings (SSSR count). The third-order valence-electron chi connectivity index (χ3n) is 5.58. The first-order valence-corrected chi connectivity index (χ1v) is 10.7. The second-order valence-electron chi connectivity index (χ2n) is 7.72. The maximum absolute atomic E-state index is 11.4. The molecular formula is C24H24N4O5. The molecule has 0 radical (unpaired) electrons. The van der Waals surface area contributed by atoms with Crippen molar-refractivity contribution in [1.29, 1.82) is 0 Å². The van der Waals surface area contributed by atoms with Crippen molar-refractivity contribution in [2.45, 2.75) is 12.8 Å². The van der Waals surface area contributed by atoms with E-state index in [0.29, 0.717) is 18.9 Å². The molecule has 1 heterocycles. The first-order valence-electron chi connectivity index (χ1n) is 10.7. The highest BCUT2D eigenvalue weighted by molar-refractivity contribution is 5.94. The molecule has 1 saturated heterocycles. The van der Waals surface area contributed by atoms with Crippen LogP contribution in [0.5, 0.6) is 0 Å². The monoisotopic (exact) mass is 448 g/mol. The molecule has 170 valence electrons. The Balaban J connectivity index is 1.64. The van der Waals surface area contributed by atoms with Gasteiger partial charge in [0.1, 0.15) is 0 Å². The highest BCUT2D eigenvalue weighted by Crippen LogP contribution is 2.35. The number of nitro benzene ring substituents is 1. The van der Waals surface area contributed by atoms with Crippen LogP contribution in [0, 0.1) is 10.1 Å². The average molecular weight is 448 g/mol. The van der Waals surface area contributed by atoms with Crippen molar-refractivity contribution in [2.24, 2.45) is 5.10 Å². The number of ether oxygens (including phenoxy) is 1. The molecule has 33 heavy (non-hydrogen) atoms. The fourth-order valence-electron chi connectivity index (χ4n) is 4.05. The number of carboxylic acid groups (broad SMARTS) is 1. The fraction of sp³-hybridized carbons (Fsp3) is 0.250. The fourth-order valence-corrected chi connectivity index (χ4v) is 4.05. The van der Waals surface area contributed by atoms with Gasteiger partial charge in [-0.25, -0.2) is 4.79 Å². The summed E-state index contributed by atoms with van der Waals surface area (Å²) < 4.78 is 5.50. The lowest BCUT2D eigenvalue weighted by molar-refractivity contribution is -0.384. The van der Waals surface area contributed by atoms with Gasteiger partial charge in [0, 0.05) is 30.9 Å². The van der Waals surface area contributed by atoms with E-state index in [1.54, 1.807) is 36.5 Å². The number of hydrazone groups is 1. The third kappa shape index (κ3) is 5.27. The van der Waals surface area contributed by atoms with E-state index in [0.717, 1.165) is 48.3 Å². The Morgan fingerprint density at radius 3 is 2.70 bits per heavy atom. The van der Waals surface area contributed by atoms with Gasteiger partial charge in [-0.3, -0.25) is 15.5 Å². The van der Waals surface area contributed by atoms with Gasteiger partial charge in [-0.05, 0) is 47.8 Å². The number of benzene rings is 2. The van der Waals surface area contributed by atoms with E-state index in [2.05, 4.69) is 15.4 Å². The molecule has 2 N–H and O–H groups in total. The summed E-state index contributed by atoms with van der Waals surface area (Å²) in [7, 11) is 0. The molecule has 0 saturated carbocycles. The number of carbonyl (C=O) groups is 1. The summed E-state index contributed by atoms with van der Waals surface area (Å²) in [6.45, 7) is 2.74. The van der Waals surface area contributed by atoms with Crippen LogP contribution in [-0.2, 0) is 4.74 Å². The number of aromatic carboxylic acids is 1. The minimum absolute atomic E-state index is 0.0577. The predicted molar refractivity (Wildman–Crippen MR) is 125 cm³/mol. The molecule has 0 aromatic heterocycles. The number of hydrogen-bond donors (Lipinski definition) is 2. The largest absolute Gasteiger partial charge is 0.478 e. The smallest absolute Gasteiger partial charge is 0.337 e. The van der Waals surface area contributed by atoms with Crippen molar-refractivity contribution in [3.63, 3.8) is 0 Å². The normalized spacial score (nSPS) is 17.7. The van der Waals surface area contributed by atoms with Crippen LogP contribution in [-0.4, -0.2) is 53.4 Å². The lowest BCUT2D eigenvalue weighted by Crippen LogP contribution is -2.36. The van der Waals surface area contributed by atoms with Gasteiger partial charge in [0.25, 0.3) is 5.69 Å². The molecule has 1 fully saturated rings. The van der Waals surface area contributed by atoms with E-state index in [1.165, 1.54) is 12.1 Å². The Morgan fingerprint density at radius 1 is 1.15 bits per heavy atom. The SMILES string of the molecule is O=C(O)c1ccccc1N/N=C/C1=C(N2CCOCC2)C(=C\c2cccc([N+](=O)[O-])c2)/CC1. The summed E-state index contributed by atoms with van der Waals surface area (Å²) in [6, 6.07) is 13.2. The highest BCUT2D eigenvalue weighted by Gasteiger charge is 2.25. The van der Waals surface area contributed by atoms with Gasteiger partial charge in [-0.1, -0.05) is 24.3 Å². The van der Waals surface area contributed by atoms with Gasteiger partial charge >= 0.3 is 5.97 Å². The Labute approximate surface area is 190 Å². The van der Waals surface area contributed by atoms with Crippen molar-refractivity contribution in [1.82, 2.24) is 4.90 Å². The molecule has 2 aliphatic rings. The van der Waals surface area contributed by atoms with Gasteiger partial charge in [0.15, 0.2) is 0 Å². The number of nitro groups is 1. The standard InChI is InChI=1S/C24H24N4O5/c29-24(30)21-6-1-2-7-22(21)26-25-16-19-9-8-18(23(19)27-10-12-33-13-11-27)14-17-4-3-5-20(15-17)28(31)32/h1-7,14-16,26H,8-13H2,(H,29,30)/b18-14-,25-16+. The van der Waals surface area contributed by atoms with Crippen LogP contribution in [0.2, 0.25) is 0 Å². The van der Waals surface area contributed by atoms with Crippen LogP contribution in [0.1, 0.15) is 28.8 Å². The minimum Gasteiger partial charge on any atom is -0.478 e. The van der Waals surface area contributed by atoms with E-state index in [9.17, 15) is 20.0 Å². The number of nitrogens with one attached hydrogen (secondary N) is 1. The van der Waals surface area contributed by atoms with Crippen molar-refractivity contribution >= 4 is 29.6 Å². The van der Waals surface area contributed by atoms with Crippen molar-refractivity contribution in [2.75, 3.05) is 31.7 Å². The molecule has 2 aromatic carbocycles. The maximum atomic E-state index is 11.4. The molecule has 0 amide bonds. The van der Waals surface area contributed by atoms with E-state index in [4.69, 9.17) is 4.74 Å². The second kappa shape index (κ2) is 10.1. The summed E-state index contributed by atoms with van der Waals surface area (Å²) in [5.41, 5.74) is 7.41. The van der Waals surface area contributed by atoms with Crippen molar-refractivity contribution in [3.05, 3.63) is 86.6 Å². The zero-order valence-electron chi connectivity index (χ0n) is 17.9. The van der Waals surface area contributed by atoms with Crippen LogP contribution >= 0.6 is 0 Å². The molecule has 0 bridgehead atoms. The van der Waals surface area contributed by atoms with Crippen LogP contribution in [0.25, 0.3) is 6.08 Å². The van der Waals surface area contributed by atoms with Crippen molar-refractivity contribution in [3.8, 4) is 0 Å². The topological polar surface area (TPSA) is 117 Å². The van der Waals surface area contributed by atoms with Gasteiger partial charge in [-0.15, -0.1) is 0 Å². The zero-order valence-corrected chi connectivity index (χ0v) is 17.9. The number of rotatable bonds is 7. The van der Waals surface area contributed by atoms with E-state index in [-0.39, 0.29) is 11.3 Å². The number of carboxylic acids is 1. The number of non-ortho nitro benzene ring substituents is 1. The number of allylic oxidation sites excluding steroid dienone is 2. The molecule has 9 nitrogen and oxygen atoms in total. The summed E-state index contributed by atoms with van der Waals surface area (Å²) >= 11 is 0. The second-order valence-corrected chi connectivity index (χ2v) is 7.72. The molecule has 1 aliphatic carbocycles. The van der Waals surface area contributed by atoms with E-state index >= 15 is 0 Å². The Kier molecular flexibility index (Phi) is 6.80. The van der Waals surface area contributed by atoms with E-state index < -0.39 is 10.9 Å². The first kappa shape index (κ1) is 22.2. The average Bonchev–Trinajstić information content (AvgIpc) is 3.22. The van der Waals surface area contributed by atoms with Gasteiger partial charge in [-0.2, -0.15) is 5.10 Å². The number of morpholine rings is 1. The summed E-state index contributed by atoms with van der Waals surface area (Å²) in [4.78, 5) is 24.4. The Hall–Kier alpha value is -3.98. The van der Waals surface area contributed by atoms with Crippen LogP contribution in [0.15, 0.2) is 70.5 Å². The predicted octanol–water partition coefficient (Wildman–Crippen LogP) is 4.15. The molecule has 0 atom stereocenters. The lowest BCUT2D eigenvalue weighted by Gasteiger charge is -2.31. The Bertz CT molecular complexity index is 1150. The lowest BCUT2D eigenvalue weighted by atomic mass is 10.1. The molecule has 0 unspecified atom stereocenters. The highest BCUT2D eigenvalue weighted by atomic mass is 16.6. The quantitative estimate of drug-likeness (QED) is 0.371. The summed E-state index contributed by atoms with van der Waals surface area (Å²) in [5.74, 6) is -1.02. The molecule has 9 heteroatoms. The molecule has 2 aromatic rings. The third-order valence-corrected chi connectivity index (χ3v) is 5.58. The zero-order chi connectivity index (χ0) is 23.2. The molecule has 1 aliphatic heterocycles. The van der Waals surface area contributed by atoms with Crippen molar-refractivity contribution < 1.29 is 19.6 Å². The van der Waals surface area contributed by atoms with Crippen LogP contribution in [0.3, 0.4) is 0 Å². The Morgan fingerprint density at radius 2 is 1.94 bits per heavy atom.